The zero-order valence-corrected chi connectivity index (χ0v) is 50.5. The maximum atomic E-state index is 14.2. The number of carboxylic acid groups (broad SMARTS) is 2. The van der Waals surface area contributed by atoms with Crippen molar-refractivity contribution in [3.8, 4) is 11.3 Å². The summed E-state index contributed by atoms with van der Waals surface area (Å²) in [4.78, 5) is 79.1. The monoisotopic (exact) mass is 1120 g/mol. The molecule has 14 nitrogen and oxygen atoms in total. The Morgan fingerprint density at radius 3 is 1.33 bits per heavy atom. The van der Waals surface area contributed by atoms with Gasteiger partial charge in [0, 0.05) is 76.6 Å². The molecule has 4 aromatic rings. The Labute approximate surface area is 484 Å². The standard InChI is InChI=1S/C67H98N6O8/c1-8-12-14-16-18-20-22-24-26-31-44-68-61(74)42-40-55(50(5)66(78)79)64(76)70-53-36-38-57-58-39-37-54(49-60(58)72(46-33-47-73(7,10-3)11-4)63(59(57)48-53)52-34-29-28-30-35-52)71-65(77)56(51(6)67(80)81)41-43-62(75)69-45-32-27-25-23-21-19-17-15-13-9-2/h28-30,34-39,48-49H,8-27,31-33,40-47H2,1-7H3,(H4-,68,69,70,74,75,76,78,79,80,81)/p+2/b55-50-,56-51-. The molecule has 81 heavy (non-hydrogen) atoms. The third-order valence-electron chi connectivity index (χ3n) is 16.3. The quantitative estimate of drug-likeness (QED) is 0.00830. The summed E-state index contributed by atoms with van der Waals surface area (Å²) in [7, 11) is 2.25. The lowest BCUT2D eigenvalue weighted by molar-refractivity contribution is -0.908. The predicted molar refractivity (Wildman–Crippen MR) is 330 cm³/mol. The number of hydrogen-bond donors (Lipinski definition) is 6. The highest BCUT2D eigenvalue weighted by Crippen LogP contribution is 2.35. The molecule has 3 aromatic carbocycles. The molecule has 1 heterocycles. The second kappa shape index (κ2) is 36.8. The van der Waals surface area contributed by atoms with Crippen molar-refractivity contribution >= 4 is 68.6 Å². The fourth-order valence-electron chi connectivity index (χ4n) is 10.6. The lowest BCUT2D eigenvalue weighted by atomic mass is 9.97. The van der Waals surface area contributed by atoms with Crippen molar-refractivity contribution in [1.82, 2.24) is 10.6 Å². The van der Waals surface area contributed by atoms with Crippen LogP contribution in [0.3, 0.4) is 0 Å². The van der Waals surface area contributed by atoms with Crippen molar-refractivity contribution < 1.29 is 48.0 Å². The van der Waals surface area contributed by atoms with Crippen molar-refractivity contribution in [3.05, 3.63) is 89.0 Å². The van der Waals surface area contributed by atoms with E-state index in [0.717, 1.165) is 102 Å². The zero-order valence-electron chi connectivity index (χ0n) is 50.5. The van der Waals surface area contributed by atoms with Crippen LogP contribution < -0.4 is 25.8 Å². The molecular weight excluding hydrogens is 1020 g/mol. The number of quaternary nitrogens is 1. The Hall–Kier alpha value is -6.41. The van der Waals surface area contributed by atoms with Gasteiger partial charge in [-0.25, -0.2) is 9.59 Å². The van der Waals surface area contributed by atoms with E-state index in [4.69, 9.17) is 0 Å². The molecule has 0 fully saturated rings. The molecule has 4 rings (SSSR count). The molecule has 0 unspecified atom stereocenters. The number of aliphatic carboxylic acids is 2. The number of nitrogens with zero attached hydrogens (tertiary/aromatic N) is 2. The largest absolute Gasteiger partial charge is 0.478 e. The average molecular weight is 1120 g/mol. The van der Waals surface area contributed by atoms with Gasteiger partial charge in [0.2, 0.25) is 23.0 Å². The first kappa shape index (κ1) is 67.1. The van der Waals surface area contributed by atoms with Gasteiger partial charge in [-0.1, -0.05) is 154 Å². The number of carbonyl (C=O) groups excluding carboxylic acids is 4. The minimum Gasteiger partial charge on any atom is -0.478 e. The summed E-state index contributed by atoms with van der Waals surface area (Å²) >= 11 is 0. The Morgan fingerprint density at radius 1 is 0.481 bits per heavy atom. The van der Waals surface area contributed by atoms with Gasteiger partial charge in [0.1, 0.15) is 0 Å². The van der Waals surface area contributed by atoms with Gasteiger partial charge in [0.05, 0.1) is 43.9 Å². The average Bonchev–Trinajstić information content (AvgIpc) is 3.65. The van der Waals surface area contributed by atoms with Crippen LogP contribution in [0.4, 0.5) is 11.4 Å². The number of hydrogen-bond acceptors (Lipinski definition) is 6. The van der Waals surface area contributed by atoms with Crippen LogP contribution in [0.5, 0.6) is 0 Å². The van der Waals surface area contributed by atoms with Gasteiger partial charge >= 0.3 is 11.9 Å². The van der Waals surface area contributed by atoms with Gasteiger partial charge in [-0.2, -0.15) is 4.57 Å². The van der Waals surface area contributed by atoms with Crippen LogP contribution in [0.25, 0.3) is 32.9 Å². The van der Waals surface area contributed by atoms with Crippen LogP contribution in [0.15, 0.2) is 89.0 Å². The lowest BCUT2D eigenvalue weighted by Gasteiger charge is -2.31. The molecule has 0 atom stereocenters. The number of carbonyl (C=O) groups is 6. The van der Waals surface area contributed by atoms with Crippen LogP contribution in [-0.4, -0.2) is 90.0 Å². The minimum absolute atomic E-state index is 0.0237. The number of benzene rings is 3. The smallest absolute Gasteiger partial charge is 0.331 e. The molecular formula is C67H100N6O8+2. The van der Waals surface area contributed by atoms with Gasteiger partial charge in [0.15, 0.2) is 6.54 Å². The Balaban J connectivity index is 1.60. The van der Waals surface area contributed by atoms with Gasteiger partial charge in [-0.15, -0.1) is 0 Å². The number of rotatable bonds is 41. The summed E-state index contributed by atoms with van der Waals surface area (Å²) in [6.45, 7) is 16.1. The number of carboxylic acids is 2. The molecule has 0 aliphatic rings. The number of unbranched alkanes of at least 4 members (excludes halogenated alkanes) is 18. The number of amides is 4. The zero-order chi connectivity index (χ0) is 59.0. The van der Waals surface area contributed by atoms with Gasteiger partial charge < -0.3 is 36.0 Å². The first-order valence-corrected chi connectivity index (χ1v) is 30.9. The number of aryl methyl sites for hydroxylation is 1. The van der Waals surface area contributed by atoms with E-state index in [1.54, 1.807) is 12.1 Å². The van der Waals surface area contributed by atoms with E-state index in [-0.39, 0.29) is 59.8 Å². The summed E-state index contributed by atoms with van der Waals surface area (Å²) in [6, 6.07) is 21.2. The molecule has 1 aromatic heterocycles. The Kier molecular flexibility index (Phi) is 30.5. The SMILES string of the molecule is CCCCCCCCCCCCNC(=O)CC/C(C(=O)Nc1ccc2c(c1)c(-c1ccccc1)[n+](CCC[N+](C)(CC)CC)c1cc(NC(=O)/C(CCC(=O)NCCCCCCCCCCCC)=C(/C)C(=O)O)ccc21)=C(\C)C(=O)O. The van der Waals surface area contributed by atoms with E-state index in [0.29, 0.717) is 31.0 Å². The maximum Gasteiger partial charge on any atom is 0.331 e. The fourth-order valence-corrected chi connectivity index (χ4v) is 10.6. The van der Waals surface area contributed by atoms with Gasteiger partial charge in [-0.05, 0) is 89.8 Å². The van der Waals surface area contributed by atoms with Crippen molar-refractivity contribution in [1.29, 1.82) is 0 Å². The Bertz CT molecular complexity index is 2730. The van der Waals surface area contributed by atoms with E-state index < -0.39 is 23.8 Å². The first-order valence-electron chi connectivity index (χ1n) is 30.9. The predicted octanol–water partition coefficient (Wildman–Crippen LogP) is 14.1. The molecule has 0 spiro atoms. The minimum atomic E-state index is -1.23. The molecule has 4 amide bonds. The summed E-state index contributed by atoms with van der Waals surface area (Å²) in [5.41, 5.74) is 3.29. The number of aromatic nitrogens is 1. The van der Waals surface area contributed by atoms with Crippen molar-refractivity contribution in [2.45, 2.75) is 209 Å². The fraction of sp³-hybridized carbons (Fsp3) is 0.567. The number of pyridine rings is 1. The van der Waals surface area contributed by atoms with E-state index in [9.17, 15) is 39.0 Å². The van der Waals surface area contributed by atoms with Crippen LogP contribution in [0, 0.1) is 0 Å². The van der Waals surface area contributed by atoms with Crippen LogP contribution >= 0.6 is 0 Å². The Morgan fingerprint density at radius 2 is 0.901 bits per heavy atom. The van der Waals surface area contributed by atoms with Gasteiger partial charge in [0.25, 0.3) is 11.8 Å². The topological polar surface area (TPSA) is 195 Å². The van der Waals surface area contributed by atoms with Crippen LogP contribution in [-0.2, 0) is 35.3 Å². The molecule has 444 valence electrons. The summed E-state index contributed by atoms with van der Waals surface area (Å²) in [5, 5.41) is 34.6. The normalized spacial score (nSPS) is 12.2. The van der Waals surface area contributed by atoms with E-state index in [1.807, 2.05) is 54.6 Å². The van der Waals surface area contributed by atoms with E-state index in [2.05, 4.69) is 60.6 Å². The lowest BCUT2D eigenvalue weighted by Crippen LogP contribution is -2.46. The van der Waals surface area contributed by atoms with Crippen LogP contribution in [0.1, 0.15) is 202 Å². The second-order valence-corrected chi connectivity index (χ2v) is 22.5. The molecule has 14 heteroatoms. The third-order valence-corrected chi connectivity index (χ3v) is 16.3. The van der Waals surface area contributed by atoms with Crippen molar-refractivity contribution in [2.75, 3.05) is 50.4 Å². The molecule has 0 aliphatic carbocycles. The number of anilines is 2. The molecule has 0 radical (unpaired) electrons. The third kappa shape index (κ3) is 22.8. The van der Waals surface area contributed by atoms with E-state index >= 15 is 0 Å². The highest BCUT2D eigenvalue weighted by molar-refractivity contribution is 6.14. The molecule has 0 saturated carbocycles. The molecule has 0 bridgehead atoms. The van der Waals surface area contributed by atoms with Crippen molar-refractivity contribution in [2.24, 2.45) is 0 Å². The maximum absolute atomic E-state index is 14.2. The highest BCUT2D eigenvalue weighted by Gasteiger charge is 2.28. The number of nitrogens with one attached hydrogen (secondary N) is 4. The van der Waals surface area contributed by atoms with Gasteiger partial charge in [-0.3, -0.25) is 19.2 Å². The molecule has 6 N–H and O–H groups in total. The highest BCUT2D eigenvalue weighted by atomic mass is 16.4. The molecule has 0 saturated heterocycles. The van der Waals surface area contributed by atoms with Crippen molar-refractivity contribution in [3.63, 3.8) is 0 Å². The van der Waals surface area contributed by atoms with Crippen LogP contribution in [0.2, 0.25) is 0 Å². The summed E-state index contributed by atoms with van der Waals surface area (Å²) in [5.74, 6) is -4.12. The molecule has 0 aliphatic heterocycles. The summed E-state index contributed by atoms with van der Waals surface area (Å²) < 4.78 is 3.11. The number of fused-ring (bicyclic) bond motifs is 3. The summed E-state index contributed by atoms with van der Waals surface area (Å²) in [6.07, 6.45) is 24.4. The second-order valence-electron chi connectivity index (χ2n) is 22.5. The first-order chi connectivity index (χ1) is 39.1. The van der Waals surface area contributed by atoms with E-state index in [1.165, 1.54) is 104 Å².